The molecular formula is C29H22Cl3N3O3S. The Kier molecular flexibility index (Phi) is 9.60. The van der Waals surface area contributed by atoms with Crippen LogP contribution in [0.2, 0.25) is 15.1 Å². The van der Waals surface area contributed by atoms with Gasteiger partial charge in [0.25, 0.3) is 0 Å². The van der Waals surface area contributed by atoms with Crippen LogP contribution >= 0.6 is 46.6 Å². The first kappa shape index (κ1) is 28.6. The molecule has 2 N–H and O–H groups in total. The first-order valence-electron chi connectivity index (χ1n) is 11.7. The number of allylic oxidation sites excluding steroid dienone is 2. The molecule has 1 atom stereocenters. The second-order valence-electron chi connectivity index (χ2n) is 8.50. The number of esters is 1. The number of halogens is 3. The maximum atomic E-state index is 13.4. The number of nitrogens with zero attached hydrogens (tertiary/aromatic N) is 1. The van der Waals surface area contributed by atoms with E-state index in [0.29, 0.717) is 37.0 Å². The zero-order valence-corrected chi connectivity index (χ0v) is 23.7. The minimum Gasteiger partial charge on any atom is -0.457 e. The number of carbonyl (C=O) groups is 2. The van der Waals surface area contributed by atoms with Crippen LogP contribution in [0.5, 0.6) is 0 Å². The average Bonchev–Trinajstić information content (AvgIpc) is 2.93. The molecule has 1 aliphatic rings. The number of rotatable bonds is 8. The number of ether oxygens (including phenoxy) is 1. The molecule has 1 amide bonds. The van der Waals surface area contributed by atoms with Crippen molar-refractivity contribution in [3.05, 3.63) is 121 Å². The summed E-state index contributed by atoms with van der Waals surface area (Å²) in [7, 11) is 0. The maximum Gasteiger partial charge on any atom is 0.337 e. The van der Waals surface area contributed by atoms with E-state index in [1.807, 2.05) is 30.3 Å². The zero-order valence-electron chi connectivity index (χ0n) is 20.6. The third-order valence-corrected chi connectivity index (χ3v) is 7.95. The van der Waals surface area contributed by atoms with E-state index in [9.17, 15) is 14.9 Å². The fourth-order valence-corrected chi connectivity index (χ4v) is 5.46. The summed E-state index contributed by atoms with van der Waals surface area (Å²) in [4.78, 5) is 26.1. The Hall–Kier alpha value is -3.41. The molecule has 0 bridgehead atoms. The molecule has 198 valence electrons. The molecule has 4 rings (SSSR count). The van der Waals surface area contributed by atoms with Gasteiger partial charge in [-0.15, -0.1) is 0 Å². The van der Waals surface area contributed by atoms with Gasteiger partial charge >= 0.3 is 5.97 Å². The summed E-state index contributed by atoms with van der Waals surface area (Å²) in [5.74, 6) is -1.67. The fourth-order valence-electron chi connectivity index (χ4n) is 4.03. The summed E-state index contributed by atoms with van der Waals surface area (Å²) in [6, 6.07) is 23.4. The lowest BCUT2D eigenvalue weighted by atomic mass is 9.82. The van der Waals surface area contributed by atoms with E-state index in [1.54, 1.807) is 49.4 Å². The SMILES string of the molecule is CC1=C(C(=O)OCc2ccccc2)C(c2ccccc2Cl)C(C#N)=C(SCC(=O)Nc2ccc(Cl)c(Cl)c2)N1. The minimum atomic E-state index is -0.783. The highest BCUT2D eigenvalue weighted by Crippen LogP contribution is 2.43. The van der Waals surface area contributed by atoms with Crippen molar-refractivity contribution in [2.45, 2.75) is 19.4 Å². The molecule has 0 aliphatic carbocycles. The maximum absolute atomic E-state index is 13.4. The number of anilines is 1. The molecule has 0 fully saturated rings. The molecule has 0 radical (unpaired) electrons. The van der Waals surface area contributed by atoms with Crippen LogP contribution in [0.25, 0.3) is 0 Å². The van der Waals surface area contributed by atoms with E-state index in [2.05, 4.69) is 16.7 Å². The quantitative estimate of drug-likeness (QED) is 0.262. The lowest BCUT2D eigenvalue weighted by molar-refractivity contribution is -0.140. The van der Waals surface area contributed by atoms with E-state index in [1.165, 1.54) is 0 Å². The van der Waals surface area contributed by atoms with Crippen LogP contribution < -0.4 is 10.6 Å². The molecule has 39 heavy (non-hydrogen) atoms. The first-order chi connectivity index (χ1) is 18.8. The Labute approximate surface area is 245 Å². The number of nitrogens with one attached hydrogen (secondary N) is 2. The lowest BCUT2D eigenvalue weighted by Gasteiger charge is -2.29. The highest BCUT2D eigenvalue weighted by Gasteiger charge is 2.36. The zero-order chi connectivity index (χ0) is 27.9. The number of thioether (sulfide) groups is 1. The smallest absolute Gasteiger partial charge is 0.337 e. The number of hydrogen-bond acceptors (Lipinski definition) is 6. The van der Waals surface area contributed by atoms with Crippen molar-refractivity contribution in [1.82, 2.24) is 5.32 Å². The van der Waals surface area contributed by atoms with Crippen LogP contribution in [0.1, 0.15) is 24.0 Å². The summed E-state index contributed by atoms with van der Waals surface area (Å²) < 4.78 is 5.64. The van der Waals surface area contributed by atoms with E-state index in [0.717, 1.165) is 17.3 Å². The van der Waals surface area contributed by atoms with E-state index >= 15 is 0 Å². The van der Waals surface area contributed by atoms with Gasteiger partial charge in [-0.25, -0.2) is 4.79 Å². The van der Waals surface area contributed by atoms with Crippen molar-refractivity contribution < 1.29 is 14.3 Å². The molecule has 6 nitrogen and oxygen atoms in total. The van der Waals surface area contributed by atoms with Gasteiger partial charge in [0.2, 0.25) is 5.91 Å². The first-order valence-corrected chi connectivity index (χ1v) is 13.9. The summed E-state index contributed by atoms with van der Waals surface area (Å²) in [5, 5.41) is 17.7. The third-order valence-electron chi connectivity index (χ3n) is 5.85. The van der Waals surface area contributed by atoms with Crippen LogP contribution in [0.3, 0.4) is 0 Å². The van der Waals surface area contributed by atoms with Crippen LogP contribution in [0.4, 0.5) is 5.69 Å². The molecule has 3 aromatic carbocycles. The van der Waals surface area contributed by atoms with Crippen molar-refractivity contribution in [3.63, 3.8) is 0 Å². The number of hydrogen-bond donors (Lipinski definition) is 2. The summed E-state index contributed by atoms with van der Waals surface area (Å²) in [5.41, 5.74) is 2.95. The van der Waals surface area contributed by atoms with E-state index < -0.39 is 11.9 Å². The van der Waals surface area contributed by atoms with Crippen molar-refractivity contribution >= 4 is 64.1 Å². The number of nitriles is 1. The Balaban J connectivity index is 1.59. The molecule has 1 aliphatic heterocycles. The van der Waals surface area contributed by atoms with Crippen LogP contribution in [0, 0.1) is 11.3 Å². The van der Waals surface area contributed by atoms with Gasteiger partial charge in [0.05, 0.1) is 44.0 Å². The van der Waals surface area contributed by atoms with Crippen LogP contribution in [-0.4, -0.2) is 17.6 Å². The number of amides is 1. The van der Waals surface area contributed by atoms with Crippen LogP contribution in [-0.2, 0) is 20.9 Å². The predicted molar refractivity (Wildman–Crippen MR) is 156 cm³/mol. The highest BCUT2D eigenvalue weighted by molar-refractivity contribution is 8.03. The summed E-state index contributed by atoms with van der Waals surface area (Å²) >= 11 is 19.7. The normalized spacial score (nSPS) is 14.9. The fraction of sp³-hybridized carbons (Fsp3) is 0.138. The standard InChI is InChI=1S/C29H22Cl3N3O3S/c1-17-26(29(37)38-15-18-7-3-2-4-8-18)27(20-9-5-6-10-22(20)30)21(14-33)28(34-17)39-16-25(36)35-19-11-12-23(31)24(32)13-19/h2-13,27,34H,15-16H2,1H3,(H,35,36). The van der Waals surface area contributed by atoms with Gasteiger partial charge in [0.15, 0.2) is 0 Å². The molecule has 0 saturated heterocycles. The average molecular weight is 599 g/mol. The largest absolute Gasteiger partial charge is 0.457 e. The predicted octanol–water partition coefficient (Wildman–Crippen LogP) is 7.46. The van der Waals surface area contributed by atoms with Crippen molar-refractivity contribution in [1.29, 1.82) is 5.26 Å². The monoisotopic (exact) mass is 597 g/mol. The summed E-state index contributed by atoms with van der Waals surface area (Å²) in [6.45, 7) is 1.81. The third kappa shape index (κ3) is 6.97. The Morgan fingerprint density at radius 2 is 1.72 bits per heavy atom. The number of benzene rings is 3. The van der Waals surface area contributed by atoms with Gasteiger partial charge in [0.1, 0.15) is 6.61 Å². The molecule has 0 saturated carbocycles. The van der Waals surface area contributed by atoms with Crippen molar-refractivity contribution in [2.24, 2.45) is 0 Å². The minimum absolute atomic E-state index is 0.00985. The second-order valence-corrected chi connectivity index (χ2v) is 10.7. The molecule has 10 heteroatoms. The second kappa shape index (κ2) is 13.1. The Bertz CT molecular complexity index is 1520. The van der Waals surface area contributed by atoms with Gasteiger partial charge in [-0.1, -0.05) is 95.1 Å². The molecule has 1 heterocycles. The number of dihydropyridines is 1. The highest BCUT2D eigenvalue weighted by atomic mass is 35.5. The molecule has 0 aromatic heterocycles. The van der Waals surface area contributed by atoms with Gasteiger partial charge in [0, 0.05) is 16.4 Å². The molecule has 3 aromatic rings. The summed E-state index contributed by atoms with van der Waals surface area (Å²) in [6.07, 6.45) is 0. The van der Waals surface area contributed by atoms with Crippen molar-refractivity contribution in [3.8, 4) is 6.07 Å². The Morgan fingerprint density at radius 3 is 2.41 bits per heavy atom. The van der Waals surface area contributed by atoms with E-state index in [4.69, 9.17) is 39.5 Å². The molecule has 1 unspecified atom stereocenters. The number of carbonyl (C=O) groups excluding carboxylic acids is 2. The van der Waals surface area contributed by atoms with Crippen LogP contribution in [0.15, 0.2) is 94.7 Å². The lowest BCUT2D eigenvalue weighted by Crippen LogP contribution is -2.29. The van der Waals surface area contributed by atoms with Gasteiger partial charge < -0.3 is 15.4 Å². The molecular weight excluding hydrogens is 577 g/mol. The topological polar surface area (TPSA) is 91.2 Å². The van der Waals surface area contributed by atoms with E-state index in [-0.39, 0.29) is 29.4 Å². The Morgan fingerprint density at radius 1 is 1.00 bits per heavy atom. The van der Waals surface area contributed by atoms with Gasteiger partial charge in [-0.3, -0.25) is 4.79 Å². The van der Waals surface area contributed by atoms with Gasteiger partial charge in [-0.05, 0) is 42.3 Å². The molecule has 0 spiro atoms. The van der Waals surface area contributed by atoms with Gasteiger partial charge in [-0.2, -0.15) is 5.26 Å². The van der Waals surface area contributed by atoms with Crippen molar-refractivity contribution in [2.75, 3.05) is 11.1 Å².